The fourth-order valence-electron chi connectivity index (χ4n) is 6.29. The van der Waals surface area contributed by atoms with Gasteiger partial charge in [0.1, 0.15) is 5.54 Å². The SMILES string of the molecule is COCCN1C(=O)[C@@H]2[C@H](Cc3c[nH]c4ccccc34)N[C@@]3(C(=O)Nc4c3ccc(C)c4C)[C@@H]2C1=O. The second-order valence-electron chi connectivity index (χ2n) is 9.83. The van der Waals surface area contributed by atoms with Gasteiger partial charge in [-0.15, -0.1) is 0 Å². The van der Waals surface area contributed by atoms with Crippen molar-refractivity contribution in [1.29, 1.82) is 0 Å². The van der Waals surface area contributed by atoms with Gasteiger partial charge in [-0.05, 0) is 43.0 Å². The Bertz CT molecular complexity index is 1400. The Balaban J connectivity index is 1.48. The fourth-order valence-corrected chi connectivity index (χ4v) is 6.29. The van der Waals surface area contributed by atoms with Crippen LogP contribution in [0.3, 0.4) is 0 Å². The number of likely N-dealkylation sites (tertiary alicyclic amines) is 1. The number of aromatic nitrogens is 1. The molecule has 0 radical (unpaired) electrons. The monoisotopic (exact) mass is 472 g/mol. The second kappa shape index (κ2) is 7.76. The highest BCUT2D eigenvalue weighted by Crippen LogP contribution is 2.54. The van der Waals surface area contributed by atoms with Crippen molar-refractivity contribution in [3.05, 3.63) is 64.8 Å². The summed E-state index contributed by atoms with van der Waals surface area (Å²) in [5.74, 6) is -2.28. The lowest BCUT2D eigenvalue weighted by atomic mass is 9.75. The summed E-state index contributed by atoms with van der Waals surface area (Å²) >= 11 is 0. The van der Waals surface area contributed by atoms with E-state index in [0.717, 1.165) is 38.8 Å². The van der Waals surface area contributed by atoms with E-state index in [1.807, 2.05) is 56.4 Å². The number of H-pyrrole nitrogens is 1. The van der Waals surface area contributed by atoms with E-state index in [-0.39, 0.29) is 36.9 Å². The largest absolute Gasteiger partial charge is 0.383 e. The Morgan fingerprint density at radius 1 is 1.06 bits per heavy atom. The molecule has 3 aliphatic heterocycles. The number of fused-ring (bicyclic) bond motifs is 5. The number of methoxy groups -OCH3 is 1. The predicted octanol–water partition coefficient (Wildman–Crippen LogP) is 2.39. The van der Waals surface area contributed by atoms with Crippen LogP contribution in [0.25, 0.3) is 10.9 Å². The first-order valence-electron chi connectivity index (χ1n) is 12.0. The normalized spacial score (nSPS) is 27.2. The number of ether oxygens (including phenoxy) is 1. The van der Waals surface area contributed by atoms with Gasteiger partial charge < -0.3 is 15.0 Å². The summed E-state index contributed by atoms with van der Waals surface area (Å²) < 4.78 is 5.16. The van der Waals surface area contributed by atoms with Gasteiger partial charge in [0.25, 0.3) is 0 Å². The molecule has 1 spiro atoms. The quantitative estimate of drug-likeness (QED) is 0.495. The lowest BCUT2D eigenvalue weighted by Crippen LogP contribution is -2.53. The van der Waals surface area contributed by atoms with Gasteiger partial charge in [-0.1, -0.05) is 30.3 Å². The number of benzene rings is 2. The van der Waals surface area contributed by atoms with Crippen LogP contribution in [0.4, 0.5) is 5.69 Å². The maximum absolute atomic E-state index is 13.8. The Kier molecular flexibility index (Phi) is 4.88. The van der Waals surface area contributed by atoms with Gasteiger partial charge in [0.05, 0.1) is 25.0 Å². The summed E-state index contributed by atoms with van der Waals surface area (Å²) in [5.41, 5.74) is 4.28. The number of aryl methyl sites for hydroxylation is 1. The van der Waals surface area contributed by atoms with E-state index in [1.54, 1.807) is 7.11 Å². The zero-order valence-corrected chi connectivity index (χ0v) is 20.0. The van der Waals surface area contributed by atoms with Crippen molar-refractivity contribution >= 4 is 34.3 Å². The molecule has 3 amide bonds. The molecular weight excluding hydrogens is 444 g/mol. The zero-order valence-electron chi connectivity index (χ0n) is 20.0. The Morgan fingerprint density at radius 3 is 2.66 bits per heavy atom. The van der Waals surface area contributed by atoms with Crippen molar-refractivity contribution < 1.29 is 19.1 Å². The van der Waals surface area contributed by atoms with E-state index in [0.29, 0.717) is 6.42 Å². The highest BCUT2D eigenvalue weighted by atomic mass is 16.5. The molecule has 0 unspecified atom stereocenters. The van der Waals surface area contributed by atoms with E-state index in [1.165, 1.54) is 4.90 Å². The molecule has 3 aliphatic rings. The first kappa shape index (κ1) is 22.0. The molecule has 4 heterocycles. The molecular formula is C27H28N4O4. The molecule has 35 heavy (non-hydrogen) atoms. The minimum atomic E-state index is -1.29. The first-order valence-corrected chi connectivity index (χ1v) is 12.0. The average molecular weight is 473 g/mol. The lowest BCUT2D eigenvalue weighted by molar-refractivity contribution is -0.143. The van der Waals surface area contributed by atoms with Crippen molar-refractivity contribution in [2.75, 3.05) is 25.6 Å². The van der Waals surface area contributed by atoms with Gasteiger partial charge in [-0.2, -0.15) is 0 Å². The second-order valence-corrected chi connectivity index (χ2v) is 9.83. The number of para-hydroxylation sites is 1. The number of rotatable bonds is 5. The number of anilines is 1. The smallest absolute Gasteiger partial charge is 0.250 e. The van der Waals surface area contributed by atoms with Gasteiger partial charge >= 0.3 is 0 Å². The van der Waals surface area contributed by atoms with Crippen molar-refractivity contribution in [3.8, 4) is 0 Å². The number of amides is 3. The third-order valence-electron chi connectivity index (χ3n) is 8.15. The number of imide groups is 1. The number of carbonyl (C=O) groups excluding carboxylic acids is 3. The highest BCUT2D eigenvalue weighted by molar-refractivity contribution is 6.15. The molecule has 2 aromatic carbocycles. The molecule has 3 aromatic rings. The van der Waals surface area contributed by atoms with E-state index in [2.05, 4.69) is 15.6 Å². The minimum Gasteiger partial charge on any atom is -0.383 e. The van der Waals surface area contributed by atoms with Gasteiger partial charge in [0, 0.05) is 41.5 Å². The van der Waals surface area contributed by atoms with E-state index in [4.69, 9.17) is 4.74 Å². The van der Waals surface area contributed by atoms with Crippen LogP contribution in [-0.4, -0.2) is 53.9 Å². The molecule has 2 fully saturated rings. The molecule has 0 saturated carbocycles. The van der Waals surface area contributed by atoms with E-state index < -0.39 is 17.4 Å². The Labute approximate surface area is 203 Å². The van der Waals surface area contributed by atoms with Gasteiger partial charge in [-0.25, -0.2) is 0 Å². The van der Waals surface area contributed by atoms with Crippen LogP contribution >= 0.6 is 0 Å². The van der Waals surface area contributed by atoms with E-state index in [9.17, 15) is 14.4 Å². The number of nitrogens with one attached hydrogen (secondary N) is 3. The average Bonchev–Trinajstić information content (AvgIpc) is 3.55. The van der Waals surface area contributed by atoms with Crippen molar-refractivity contribution in [3.63, 3.8) is 0 Å². The summed E-state index contributed by atoms with van der Waals surface area (Å²) in [4.78, 5) is 45.7. The topological polar surface area (TPSA) is 104 Å². The predicted molar refractivity (Wildman–Crippen MR) is 131 cm³/mol. The minimum absolute atomic E-state index is 0.179. The van der Waals surface area contributed by atoms with Crippen LogP contribution in [0.1, 0.15) is 22.3 Å². The molecule has 3 N–H and O–H groups in total. The summed E-state index contributed by atoms with van der Waals surface area (Å²) in [6.07, 6.45) is 2.46. The molecule has 4 atom stereocenters. The van der Waals surface area contributed by atoms with Crippen LogP contribution in [-0.2, 0) is 31.1 Å². The van der Waals surface area contributed by atoms with Gasteiger partial charge in [0.15, 0.2) is 0 Å². The van der Waals surface area contributed by atoms with Crippen molar-refractivity contribution in [1.82, 2.24) is 15.2 Å². The standard InChI is InChI=1S/C27H28N4O4/c1-14-8-9-18-23(15(14)2)29-26(34)27(18)22-21(24(32)31(25(22)33)10-11-35-3)20(30-27)12-16-13-28-19-7-5-4-6-17(16)19/h4-9,13,20-22,28,30H,10-12H2,1-3H3,(H,29,34)/t20-,21+,22-,27+/m0/s1. The Hall–Kier alpha value is -3.49. The van der Waals surface area contributed by atoms with Crippen molar-refractivity contribution in [2.45, 2.75) is 31.8 Å². The molecule has 2 saturated heterocycles. The number of hydrogen-bond acceptors (Lipinski definition) is 5. The van der Waals surface area contributed by atoms with Crippen LogP contribution in [0.15, 0.2) is 42.6 Å². The van der Waals surface area contributed by atoms with Gasteiger partial charge in [-0.3, -0.25) is 24.6 Å². The molecule has 8 nitrogen and oxygen atoms in total. The Morgan fingerprint density at radius 2 is 1.86 bits per heavy atom. The summed E-state index contributed by atoms with van der Waals surface area (Å²) in [5, 5.41) is 7.65. The summed E-state index contributed by atoms with van der Waals surface area (Å²) in [6.45, 7) is 4.40. The maximum Gasteiger partial charge on any atom is 0.250 e. The first-order chi connectivity index (χ1) is 16.9. The molecule has 6 rings (SSSR count). The lowest BCUT2D eigenvalue weighted by Gasteiger charge is -2.29. The molecule has 0 aliphatic carbocycles. The van der Waals surface area contributed by atoms with Gasteiger partial charge in [0.2, 0.25) is 17.7 Å². The number of nitrogens with zero attached hydrogens (tertiary/aromatic N) is 1. The van der Waals surface area contributed by atoms with E-state index >= 15 is 0 Å². The van der Waals surface area contributed by atoms with Crippen LogP contribution in [0.5, 0.6) is 0 Å². The highest BCUT2D eigenvalue weighted by Gasteiger charge is 2.70. The molecule has 180 valence electrons. The third-order valence-corrected chi connectivity index (χ3v) is 8.15. The van der Waals surface area contributed by atoms with Crippen LogP contribution in [0.2, 0.25) is 0 Å². The molecule has 0 bridgehead atoms. The zero-order chi connectivity index (χ0) is 24.5. The number of carbonyl (C=O) groups is 3. The van der Waals surface area contributed by atoms with Crippen molar-refractivity contribution in [2.24, 2.45) is 11.8 Å². The molecule has 8 heteroatoms. The fraction of sp³-hybridized carbons (Fsp3) is 0.370. The maximum atomic E-state index is 13.8. The van der Waals surface area contributed by atoms with Crippen LogP contribution in [0, 0.1) is 25.7 Å². The van der Waals surface area contributed by atoms with Crippen LogP contribution < -0.4 is 10.6 Å². The summed E-state index contributed by atoms with van der Waals surface area (Å²) in [7, 11) is 1.54. The number of hydrogen-bond donors (Lipinski definition) is 3. The molecule has 1 aromatic heterocycles. The number of aromatic amines is 1. The third kappa shape index (κ3) is 2.90. The summed E-state index contributed by atoms with van der Waals surface area (Å²) in [6, 6.07) is 11.5.